The highest BCUT2D eigenvalue weighted by molar-refractivity contribution is 9.10. The molecule has 5 heteroatoms. The molecule has 0 amide bonds. The molecular formula is C13H16BrN3O. The first-order valence-electron chi connectivity index (χ1n) is 6.30. The SMILES string of the molecule is OC1(c2ccc(Br)cc2)NN=C2CCCCCN21. The Hall–Kier alpha value is -1.07. The van der Waals surface area contributed by atoms with Crippen LogP contribution >= 0.6 is 15.9 Å². The second-order valence-electron chi connectivity index (χ2n) is 4.78. The highest BCUT2D eigenvalue weighted by atomic mass is 79.9. The molecule has 1 saturated heterocycles. The van der Waals surface area contributed by atoms with Gasteiger partial charge in [0, 0.05) is 23.0 Å². The molecule has 2 heterocycles. The first kappa shape index (κ1) is 12.0. The number of amidine groups is 1. The maximum atomic E-state index is 10.9. The molecule has 1 fully saturated rings. The lowest BCUT2D eigenvalue weighted by Crippen LogP contribution is -2.51. The van der Waals surface area contributed by atoms with E-state index in [-0.39, 0.29) is 0 Å². The summed E-state index contributed by atoms with van der Waals surface area (Å²) in [6, 6.07) is 7.70. The van der Waals surface area contributed by atoms with Gasteiger partial charge in [0.05, 0.1) is 0 Å². The van der Waals surface area contributed by atoms with Gasteiger partial charge in [0.25, 0.3) is 5.85 Å². The van der Waals surface area contributed by atoms with Gasteiger partial charge in [-0.2, -0.15) is 5.10 Å². The molecule has 3 rings (SSSR count). The number of fused-ring (bicyclic) bond motifs is 1. The minimum atomic E-state index is -1.18. The summed E-state index contributed by atoms with van der Waals surface area (Å²) in [5.41, 5.74) is 3.72. The lowest BCUT2D eigenvalue weighted by Gasteiger charge is -2.34. The van der Waals surface area contributed by atoms with Crippen molar-refractivity contribution in [3.8, 4) is 0 Å². The molecule has 1 aromatic rings. The Bertz CT molecular complexity index is 474. The number of nitrogens with one attached hydrogen (secondary N) is 1. The van der Waals surface area contributed by atoms with Crippen molar-refractivity contribution < 1.29 is 5.11 Å². The average molecular weight is 310 g/mol. The average Bonchev–Trinajstić information content (AvgIpc) is 2.57. The van der Waals surface area contributed by atoms with Gasteiger partial charge < -0.3 is 10.0 Å². The van der Waals surface area contributed by atoms with Crippen molar-refractivity contribution in [2.45, 2.75) is 31.5 Å². The molecule has 96 valence electrons. The molecule has 0 bridgehead atoms. The Morgan fingerprint density at radius 3 is 2.78 bits per heavy atom. The summed E-state index contributed by atoms with van der Waals surface area (Å²) in [5, 5.41) is 15.2. The molecule has 2 aliphatic heterocycles. The van der Waals surface area contributed by atoms with Gasteiger partial charge in [-0.05, 0) is 25.0 Å². The van der Waals surface area contributed by atoms with Crippen LogP contribution in [0.5, 0.6) is 0 Å². The van der Waals surface area contributed by atoms with E-state index in [2.05, 4.69) is 26.5 Å². The molecule has 0 saturated carbocycles. The molecule has 1 atom stereocenters. The Kier molecular flexibility index (Phi) is 3.03. The lowest BCUT2D eigenvalue weighted by atomic mass is 10.1. The smallest absolute Gasteiger partial charge is 0.260 e. The minimum absolute atomic E-state index is 0.825. The molecule has 4 nitrogen and oxygen atoms in total. The minimum Gasteiger partial charge on any atom is -0.349 e. The van der Waals surface area contributed by atoms with E-state index in [1.807, 2.05) is 29.2 Å². The fourth-order valence-corrected chi connectivity index (χ4v) is 2.83. The molecule has 18 heavy (non-hydrogen) atoms. The van der Waals surface area contributed by atoms with Crippen molar-refractivity contribution in [2.24, 2.45) is 5.10 Å². The fourth-order valence-electron chi connectivity index (χ4n) is 2.56. The third-order valence-corrected chi connectivity index (χ3v) is 4.10. The summed E-state index contributed by atoms with van der Waals surface area (Å²) in [6.45, 7) is 0.846. The molecule has 0 spiro atoms. The van der Waals surface area contributed by atoms with Crippen molar-refractivity contribution in [3.63, 3.8) is 0 Å². The number of rotatable bonds is 1. The zero-order chi connectivity index (χ0) is 12.6. The van der Waals surface area contributed by atoms with E-state index in [0.717, 1.165) is 41.7 Å². The van der Waals surface area contributed by atoms with Crippen molar-refractivity contribution >= 4 is 21.8 Å². The van der Waals surface area contributed by atoms with Crippen LogP contribution in [0.1, 0.15) is 31.2 Å². The maximum Gasteiger partial charge on any atom is 0.260 e. The molecule has 1 aromatic carbocycles. The fraction of sp³-hybridized carbons (Fsp3) is 0.462. The molecule has 0 radical (unpaired) electrons. The largest absolute Gasteiger partial charge is 0.349 e. The summed E-state index contributed by atoms with van der Waals surface area (Å²) in [4.78, 5) is 1.99. The zero-order valence-corrected chi connectivity index (χ0v) is 11.7. The predicted molar refractivity (Wildman–Crippen MR) is 73.8 cm³/mol. The van der Waals surface area contributed by atoms with E-state index < -0.39 is 5.85 Å². The monoisotopic (exact) mass is 309 g/mol. The van der Waals surface area contributed by atoms with E-state index >= 15 is 0 Å². The molecule has 2 aliphatic rings. The maximum absolute atomic E-state index is 10.9. The molecule has 2 N–H and O–H groups in total. The Labute approximate surface area is 115 Å². The van der Waals surface area contributed by atoms with Gasteiger partial charge in [-0.25, -0.2) is 0 Å². The van der Waals surface area contributed by atoms with Crippen LogP contribution in [-0.4, -0.2) is 22.4 Å². The van der Waals surface area contributed by atoms with Gasteiger partial charge >= 0.3 is 0 Å². The van der Waals surface area contributed by atoms with Gasteiger partial charge in [0.1, 0.15) is 5.84 Å². The van der Waals surface area contributed by atoms with Crippen LogP contribution in [0.25, 0.3) is 0 Å². The summed E-state index contributed by atoms with van der Waals surface area (Å²) in [7, 11) is 0. The van der Waals surface area contributed by atoms with Gasteiger partial charge in [0.2, 0.25) is 0 Å². The summed E-state index contributed by atoms with van der Waals surface area (Å²) < 4.78 is 1.00. The lowest BCUT2D eigenvalue weighted by molar-refractivity contribution is -0.0914. The van der Waals surface area contributed by atoms with Crippen LogP contribution in [0.3, 0.4) is 0 Å². The number of hydrogen-bond donors (Lipinski definition) is 2. The Morgan fingerprint density at radius 2 is 2.00 bits per heavy atom. The standard InChI is InChI=1S/C13H16BrN3O/c14-11-7-5-10(6-8-11)13(18)16-15-12-4-2-1-3-9-17(12)13/h5-8,16,18H,1-4,9H2. The van der Waals surface area contributed by atoms with Crippen LogP contribution in [0, 0.1) is 0 Å². The number of nitrogens with zero attached hydrogens (tertiary/aromatic N) is 2. The molecular weight excluding hydrogens is 294 g/mol. The summed E-state index contributed by atoms with van der Waals surface area (Å²) in [6.07, 6.45) is 4.38. The van der Waals surface area contributed by atoms with Crippen molar-refractivity contribution in [1.29, 1.82) is 0 Å². The van der Waals surface area contributed by atoms with Crippen LogP contribution in [0.4, 0.5) is 0 Å². The molecule has 0 aliphatic carbocycles. The zero-order valence-electron chi connectivity index (χ0n) is 10.1. The Balaban J connectivity index is 1.93. The van der Waals surface area contributed by atoms with E-state index in [4.69, 9.17) is 0 Å². The Morgan fingerprint density at radius 1 is 1.22 bits per heavy atom. The highest BCUT2D eigenvalue weighted by Gasteiger charge is 2.42. The van der Waals surface area contributed by atoms with Crippen molar-refractivity contribution in [3.05, 3.63) is 34.3 Å². The summed E-state index contributed by atoms with van der Waals surface area (Å²) in [5.74, 6) is -0.210. The van der Waals surface area contributed by atoms with Crippen molar-refractivity contribution in [2.75, 3.05) is 6.54 Å². The van der Waals surface area contributed by atoms with E-state index in [9.17, 15) is 5.11 Å². The van der Waals surface area contributed by atoms with Crippen LogP contribution in [0.2, 0.25) is 0 Å². The summed E-state index contributed by atoms with van der Waals surface area (Å²) >= 11 is 3.41. The van der Waals surface area contributed by atoms with Crippen LogP contribution < -0.4 is 5.43 Å². The van der Waals surface area contributed by atoms with Crippen LogP contribution in [-0.2, 0) is 5.85 Å². The normalized spacial score (nSPS) is 27.2. The number of hydrogen-bond acceptors (Lipinski definition) is 4. The first-order valence-corrected chi connectivity index (χ1v) is 7.09. The van der Waals surface area contributed by atoms with E-state index in [1.165, 1.54) is 6.42 Å². The molecule has 0 aromatic heterocycles. The van der Waals surface area contributed by atoms with Crippen molar-refractivity contribution in [1.82, 2.24) is 10.3 Å². The van der Waals surface area contributed by atoms with Gasteiger partial charge in [-0.15, -0.1) is 0 Å². The van der Waals surface area contributed by atoms with Gasteiger partial charge in [-0.1, -0.05) is 34.5 Å². The number of halogens is 1. The predicted octanol–water partition coefficient (Wildman–Crippen LogP) is 2.34. The topological polar surface area (TPSA) is 47.9 Å². The third-order valence-electron chi connectivity index (χ3n) is 3.57. The van der Waals surface area contributed by atoms with Gasteiger partial charge in [-0.3, -0.25) is 5.43 Å². The number of aliphatic hydroxyl groups is 1. The first-order chi connectivity index (χ1) is 8.70. The second kappa shape index (κ2) is 4.55. The van der Waals surface area contributed by atoms with E-state index in [1.54, 1.807) is 0 Å². The van der Waals surface area contributed by atoms with Gasteiger partial charge in [0.15, 0.2) is 0 Å². The third kappa shape index (κ3) is 1.91. The molecule has 1 unspecified atom stereocenters. The highest BCUT2D eigenvalue weighted by Crippen LogP contribution is 2.31. The second-order valence-corrected chi connectivity index (χ2v) is 5.70. The number of benzene rings is 1. The van der Waals surface area contributed by atoms with E-state index in [0.29, 0.717) is 0 Å². The quantitative estimate of drug-likeness (QED) is 0.837. The number of hydrazone groups is 1. The van der Waals surface area contributed by atoms with Crippen LogP contribution in [0.15, 0.2) is 33.8 Å².